The van der Waals surface area contributed by atoms with Crippen molar-refractivity contribution in [3.05, 3.63) is 29.8 Å². The van der Waals surface area contributed by atoms with Crippen LogP contribution >= 0.6 is 0 Å². The number of hydrogen-bond acceptors (Lipinski definition) is 2. The van der Waals surface area contributed by atoms with Crippen LogP contribution in [-0.4, -0.2) is 23.9 Å². The highest BCUT2D eigenvalue weighted by Gasteiger charge is 2.34. The Hall–Kier alpha value is -1.84. The van der Waals surface area contributed by atoms with Crippen LogP contribution in [0.5, 0.6) is 0 Å². The molecule has 2 aliphatic rings. The van der Waals surface area contributed by atoms with Crippen molar-refractivity contribution in [2.75, 3.05) is 4.90 Å². The summed E-state index contributed by atoms with van der Waals surface area (Å²) in [6, 6.07) is 8.05. The van der Waals surface area contributed by atoms with Crippen molar-refractivity contribution in [1.29, 1.82) is 0 Å². The third kappa shape index (κ3) is 2.80. The molecule has 1 atom stereocenters. The average Bonchev–Trinajstić information content (AvgIpc) is 2.83. The molecule has 4 heteroatoms. The summed E-state index contributed by atoms with van der Waals surface area (Å²) >= 11 is 0. The lowest BCUT2D eigenvalue weighted by Gasteiger charge is -2.26. The molecule has 1 unspecified atom stereocenters. The molecule has 0 bridgehead atoms. The molecule has 1 saturated carbocycles. The smallest absolute Gasteiger partial charge is 0.316 e. The van der Waals surface area contributed by atoms with Crippen LogP contribution in [0.3, 0.4) is 0 Å². The van der Waals surface area contributed by atoms with E-state index in [1.807, 2.05) is 31.2 Å². The summed E-state index contributed by atoms with van der Waals surface area (Å²) in [6.45, 7) is 1.99. The van der Waals surface area contributed by atoms with Crippen LogP contribution in [0.4, 0.5) is 5.69 Å². The van der Waals surface area contributed by atoms with Crippen molar-refractivity contribution in [2.45, 2.75) is 57.5 Å². The summed E-state index contributed by atoms with van der Waals surface area (Å²) in [7, 11) is 0. The van der Waals surface area contributed by atoms with E-state index in [4.69, 9.17) is 0 Å². The van der Waals surface area contributed by atoms with Crippen molar-refractivity contribution in [2.24, 2.45) is 0 Å². The highest BCUT2D eigenvalue weighted by molar-refractivity contribution is 6.40. The van der Waals surface area contributed by atoms with Gasteiger partial charge in [-0.25, -0.2) is 0 Å². The number of carbonyl (C=O) groups excluding carboxylic acids is 2. The number of amides is 2. The number of hydrogen-bond donors (Lipinski definition) is 1. The lowest BCUT2D eigenvalue weighted by Crippen LogP contribution is -2.48. The van der Waals surface area contributed by atoms with E-state index in [2.05, 4.69) is 5.32 Å². The minimum absolute atomic E-state index is 0.0482. The fraction of sp³-hybridized carbons (Fsp3) is 0.529. The normalized spacial score (nSPS) is 22.0. The molecule has 1 aromatic rings. The molecule has 1 fully saturated rings. The second-order valence-corrected chi connectivity index (χ2v) is 6.17. The Morgan fingerprint density at radius 2 is 1.86 bits per heavy atom. The first kappa shape index (κ1) is 14.1. The van der Waals surface area contributed by atoms with E-state index in [1.54, 1.807) is 4.90 Å². The molecule has 1 aromatic carbocycles. The number of rotatable bonds is 1. The van der Waals surface area contributed by atoms with Gasteiger partial charge in [-0.15, -0.1) is 0 Å². The van der Waals surface area contributed by atoms with Gasteiger partial charge in [-0.1, -0.05) is 37.5 Å². The Balaban J connectivity index is 1.71. The van der Waals surface area contributed by atoms with E-state index in [0.717, 1.165) is 43.4 Å². The van der Waals surface area contributed by atoms with Gasteiger partial charge in [0, 0.05) is 17.8 Å². The van der Waals surface area contributed by atoms with Gasteiger partial charge in [0.2, 0.25) is 0 Å². The highest BCUT2D eigenvalue weighted by atomic mass is 16.2. The molecule has 0 saturated heterocycles. The molecule has 3 rings (SSSR count). The van der Waals surface area contributed by atoms with Crippen molar-refractivity contribution in [1.82, 2.24) is 5.32 Å². The molecule has 1 N–H and O–H groups in total. The van der Waals surface area contributed by atoms with Crippen molar-refractivity contribution in [3.63, 3.8) is 0 Å². The fourth-order valence-electron chi connectivity index (χ4n) is 3.48. The average molecular weight is 286 g/mol. The Labute approximate surface area is 125 Å². The quantitative estimate of drug-likeness (QED) is 0.806. The molecule has 2 amide bonds. The van der Waals surface area contributed by atoms with Crippen molar-refractivity contribution in [3.8, 4) is 0 Å². The maximum atomic E-state index is 12.5. The van der Waals surface area contributed by atoms with E-state index in [1.165, 1.54) is 6.42 Å². The van der Waals surface area contributed by atoms with E-state index in [9.17, 15) is 9.59 Å². The number of carbonyl (C=O) groups is 2. The topological polar surface area (TPSA) is 49.4 Å². The fourth-order valence-corrected chi connectivity index (χ4v) is 3.48. The monoisotopic (exact) mass is 286 g/mol. The number of para-hydroxylation sites is 1. The summed E-state index contributed by atoms with van der Waals surface area (Å²) in [4.78, 5) is 26.4. The Morgan fingerprint density at radius 1 is 1.14 bits per heavy atom. The zero-order valence-corrected chi connectivity index (χ0v) is 12.5. The van der Waals surface area contributed by atoms with Crippen molar-refractivity contribution >= 4 is 17.5 Å². The van der Waals surface area contributed by atoms with Gasteiger partial charge in [0.25, 0.3) is 0 Å². The predicted molar refractivity (Wildman–Crippen MR) is 82.1 cm³/mol. The van der Waals surface area contributed by atoms with E-state index < -0.39 is 11.8 Å². The van der Waals surface area contributed by atoms with Crippen LogP contribution in [0, 0.1) is 0 Å². The largest absolute Gasteiger partial charge is 0.345 e. The molecule has 1 aliphatic heterocycles. The molecule has 0 aromatic heterocycles. The molecular weight excluding hydrogens is 264 g/mol. The maximum Gasteiger partial charge on any atom is 0.316 e. The van der Waals surface area contributed by atoms with Gasteiger partial charge in [-0.2, -0.15) is 0 Å². The molecule has 4 nitrogen and oxygen atoms in total. The summed E-state index contributed by atoms with van der Waals surface area (Å²) in [6.07, 6.45) is 6.32. The third-order valence-corrected chi connectivity index (χ3v) is 4.56. The first-order chi connectivity index (χ1) is 10.2. The molecular formula is C17H22N2O2. The second-order valence-electron chi connectivity index (χ2n) is 6.17. The Kier molecular flexibility index (Phi) is 3.95. The third-order valence-electron chi connectivity index (χ3n) is 4.56. The number of anilines is 1. The first-order valence-corrected chi connectivity index (χ1v) is 7.89. The second kappa shape index (κ2) is 5.88. The summed E-state index contributed by atoms with van der Waals surface area (Å²) < 4.78 is 0. The highest BCUT2D eigenvalue weighted by Crippen LogP contribution is 2.31. The van der Waals surface area contributed by atoms with E-state index >= 15 is 0 Å². The molecule has 1 aliphatic carbocycles. The van der Waals surface area contributed by atoms with Gasteiger partial charge in [-0.05, 0) is 37.8 Å². The first-order valence-electron chi connectivity index (χ1n) is 7.89. The minimum Gasteiger partial charge on any atom is -0.345 e. The number of benzene rings is 1. The minimum atomic E-state index is -0.453. The van der Waals surface area contributed by atoms with Gasteiger partial charge in [-0.3, -0.25) is 9.59 Å². The molecule has 0 spiro atoms. The molecule has 1 heterocycles. The maximum absolute atomic E-state index is 12.5. The van der Waals surface area contributed by atoms with Gasteiger partial charge < -0.3 is 10.2 Å². The van der Waals surface area contributed by atoms with Crippen LogP contribution in [0.15, 0.2) is 24.3 Å². The molecule has 21 heavy (non-hydrogen) atoms. The zero-order valence-electron chi connectivity index (χ0n) is 12.5. The zero-order chi connectivity index (χ0) is 14.8. The van der Waals surface area contributed by atoms with Crippen LogP contribution in [0.2, 0.25) is 0 Å². The summed E-state index contributed by atoms with van der Waals surface area (Å²) in [5.41, 5.74) is 2.03. The summed E-state index contributed by atoms with van der Waals surface area (Å²) in [5.74, 6) is -0.872. The van der Waals surface area contributed by atoms with E-state index in [0.29, 0.717) is 0 Å². The molecule has 112 valence electrons. The van der Waals surface area contributed by atoms with Crippen LogP contribution in [-0.2, 0) is 16.0 Å². The molecule has 0 radical (unpaired) electrons. The number of nitrogens with one attached hydrogen (secondary N) is 1. The lowest BCUT2D eigenvalue weighted by atomic mass is 9.95. The van der Waals surface area contributed by atoms with E-state index in [-0.39, 0.29) is 12.1 Å². The van der Waals surface area contributed by atoms with Crippen LogP contribution < -0.4 is 10.2 Å². The van der Waals surface area contributed by atoms with Crippen molar-refractivity contribution < 1.29 is 9.59 Å². The lowest BCUT2D eigenvalue weighted by molar-refractivity contribution is -0.138. The predicted octanol–water partition coefficient (Wildman–Crippen LogP) is 2.41. The SMILES string of the molecule is CC1Cc2ccccc2N1C(=O)C(=O)NC1CCCCC1. The summed E-state index contributed by atoms with van der Waals surface area (Å²) in [5, 5.41) is 2.92. The Morgan fingerprint density at radius 3 is 2.62 bits per heavy atom. The van der Waals surface area contributed by atoms with Gasteiger partial charge in [0.15, 0.2) is 0 Å². The Bertz CT molecular complexity index is 549. The van der Waals surface area contributed by atoms with Gasteiger partial charge in [0.05, 0.1) is 0 Å². The number of nitrogens with zero attached hydrogens (tertiary/aromatic N) is 1. The van der Waals surface area contributed by atoms with Crippen LogP contribution in [0.25, 0.3) is 0 Å². The standard InChI is InChI=1S/C17H22N2O2/c1-12-11-13-7-5-6-10-15(13)19(12)17(21)16(20)18-14-8-3-2-4-9-14/h5-7,10,12,14H,2-4,8-9,11H2,1H3,(H,18,20). The van der Waals surface area contributed by atoms with Gasteiger partial charge in [0.1, 0.15) is 0 Å². The van der Waals surface area contributed by atoms with Crippen LogP contribution in [0.1, 0.15) is 44.6 Å². The van der Waals surface area contributed by atoms with Gasteiger partial charge >= 0.3 is 11.8 Å². The number of fused-ring (bicyclic) bond motifs is 1.